The molecule has 0 heterocycles. The Morgan fingerprint density at radius 2 is 1.84 bits per heavy atom. The van der Waals surface area contributed by atoms with Gasteiger partial charge in [-0.15, -0.1) is 0 Å². The summed E-state index contributed by atoms with van der Waals surface area (Å²) < 4.78 is 0. The number of carbonyl (C=O) groups excluding carboxylic acids is 1. The van der Waals surface area contributed by atoms with Gasteiger partial charge in [-0.25, -0.2) is 0 Å². The minimum absolute atomic E-state index is 0.299. The molecule has 0 radical (unpaired) electrons. The summed E-state index contributed by atoms with van der Waals surface area (Å²) in [4.78, 5) is 14.3. The van der Waals surface area contributed by atoms with E-state index in [2.05, 4.69) is 43.3 Å². The molecule has 0 amide bonds. The first kappa shape index (κ1) is 12.5. The molecule has 0 fully saturated rings. The van der Waals surface area contributed by atoms with E-state index in [-0.39, 0.29) is 0 Å². The van der Waals surface area contributed by atoms with Crippen molar-refractivity contribution in [2.45, 2.75) is 36.0 Å². The van der Waals surface area contributed by atoms with Gasteiger partial charge >= 0.3 is 0 Å². The van der Waals surface area contributed by atoms with Crippen LogP contribution in [0, 0.1) is 6.92 Å². The lowest BCUT2D eigenvalue weighted by Crippen LogP contribution is -2.10. The van der Waals surface area contributed by atoms with E-state index >= 15 is 0 Å². The number of fused-ring (bicyclic) bond motifs is 1. The molecular formula is C17H16OS. The second kappa shape index (κ2) is 5.22. The van der Waals surface area contributed by atoms with E-state index in [4.69, 9.17) is 0 Å². The number of ketones is 1. The first-order valence-electron chi connectivity index (χ1n) is 6.63. The first-order valence-corrected chi connectivity index (χ1v) is 7.45. The van der Waals surface area contributed by atoms with Gasteiger partial charge in [-0.3, -0.25) is 4.79 Å². The van der Waals surface area contributed by atoms with Crippen LogP contribution in [0.4, 0.5) is 0 Å². The quantitative estimate of drug-likeness (QED) is 0.787. The van der Waals surface area contributed by atoms with E-state index in [0.717, 1.165) is 18.4 Å². The molecule has 1 aliphatic carbocycles. The van der Waals surface area contributed by atoms with Crippen LogP contribution in [0.15, 0.2) is 52.3 Å². The number of aryl methyl sites for hydroxylation is 2. The molecule has 0 atom stereocenters. The molecule has 2 heteroatoms. The van der Waals surface area contributed by atoms with Gasteiger partial charge in [0.15, 0.2) is 5.78 Å². The summed E-state index contributed by atoms with van der Waals surface area (Å²) in [6.07, 6.45) is 2.73. The summed E-state index contributed by atoms with van der Waals surface area (Å²) in [5, 5.41) is 0. The third-order valence-corrected chi connectivity index (χ3v) is 4.43. The number of rotatable bonds is 2. The maximum atomic E-state index is 11.8. The molecule has 0 saturated heterocycles. The van der Waals surface area contributed by atoms with Crippen molar-refractivity contribution < 1.29 is 4.79 Å². The highest BCUT2D eigenvalue weighted by molar-refractivity contribution is 7.99. The Hall–Kier alpha value is -1.54. The zero-order valence-corrected chi connectivity index (χ0v) is 11.8. The van der Waals surface area contributed by atoms with Crippen LogP contribution in [-0.4, -0.2) is 5.78 Å². The molecule has 2 aromatic carbocycles. The van der Waals surface area contributed by atoms with Crippen LogP contribution in [0.3, 0.4) is 0 Å². The molecule has 2 aromatic rings. The third-order valence-electron chi connectivity index (χ3n) is 3.45. The van der Waals surface area contributed by atoms with Crippen molar-refractivity contribution in [1.82, 2.24) is 0 Å². The van der Waals surface area contributed by atoms with Gasteiger partial charge in [0.2, 0.25) is 0 Å². The molecule has 1 nitrogen and oxygen atoms in total. The summed E-state index contributed by atoms with van der Waals surface area (Å²) in [5.41, 5.74) is 3.42. The Morgan fingerprint density at radius 3 is 2.68 bits per heavy atom. The van der Waals surface area contributed by atoms with Crippen molar-refractivity contribution in [3.05, 3.63) is 59.2 Å². The zero-order chi connectivity index (χ0) is 13.2. The van der Waals surface area contributed by atoms with E-state index in [1.165, 1.54) is 20.9 Å². The van der Waals surface area contributed by atoms with Gasteiger partial charge in [0.05, 0.1) is 0 Å². The number of hydrogen-bond acceptors (Lipinski definition) is 2. The fraction of sp³-hybridized carbons (Fsp3) is 0.235. The average Bonchev–Trinajstić information content (AvgIpc) is 2.39. The van der Waals surface area contributed by atoms with Crippen molar-refractivity contribution in [2.75, 3.05) is 0 Å². The van der Waals surface area contributed by atoms with Crippen molar-refractivity contribution in [2.24, 2.45) is 0 Å². The number of benzene rings is 2. The summed E-state index contributed by atoms with van der Waals surface area (Å²) in [6, 6.07) is 14.7. The lowest BCUT2D eigenvalue weighted by Gasteiger charge is -2.15. The average molecular weight is 268 g/mol. The molecule has 0 aromatic heterocycles. The Labute approximate surface area is 118 Å². The van der Waals surface area contributed by atoms with E-state index in [1.807, 2.05) is 6.07 Å². The monoisotopic (exact) mass is 268 g/mol. The third kappa shape index (κ3) is 2.74. The van der Waals surface area contributed by atoms with Gasteiger partial charge in [0, 0.05) is 21.8 Å². The van der Waals surface area contributed by atoms with Gasteiger partial charge in [0.1, 0.15) is 0 Å². The Morgan fingerprint density at radius 1 is 1.00 bits per heavy atom. The van der Waals surface area contributed by atoms with Crippen LogP contribution < -0.4 is 0 Å². The van der Waals surface area contributed by atoms with Gasteiger partial charge in [-0.1, -0.05) is 35.5 Å². The van der Waals surface area contributed by atoms with E-state index in [1.54, 1.807) is 11.8 Å². The largest absolute Gasteiger partial charge is 0.294 e. The van der Waals surface area contributed by atoms with Gasteiger partial charge in [-0.05, 0) is 49.6 Å². The molecular weight excluding hydrogens is 252 g/mol. The Kier molecular flexibility index (Phi) is 3.43. The highest BCUT2D eigenvalue weighted by Crippen LogP contribution is 2.31. The molecule has 19 heavy (non-hydrogen) atoms. The van der Waals surface area contributed by atoms with Gasteiger partial charge in [-0.2, -0.15) is 0 Å². The Bertz CT molecular complexity index is 631. The molecule has 96 valence electrons. The second-order valence-corrected chi connectivity index (χ2v) is 6.16. The van der Waals surface area contributed by atoms with E-state index in [9.17, 15) is 4.79 Å². The fourth-order valence-corrected chi connectivity index (χ4v) is 3.50. The molecule has 3 rings (SSSR count). The summed E-state index contributed by atoms with van der Waals surface area (Å²) in [7, 11) is 0. The predicted octanol–water partition coefficient (Wildman–Crippen LogP) is 4.67. The minimum Gasteiger partial charge on any atom is -0.294 e. The predicted molar refractivity (Wildman–Crippen MR) is 79.0 cm³/mol. The summed E-state index contributed by atoms with van der Waals surface area (Å²) in [6.45, 7) is 2.11. The standard InChI is InChI=1S/C17H16OS/c1-12-4-2-6-14(10-12)19-15-8-9-16-13(11-15)5-3-7-17(16)18/h2,4,6,8-11H,3,5,7H2,1H3. The van der Waals surface area contributed by atoms with E-state index in [0.29, 0.717) is 12.2 Å². The van der Waals surface area contributed by atoms with Crippen LogP contribution in [0.25, 0.3) is 0 Å². The SMILES string of the molecule is Cc1cccc(Sc2ccc3c(c2)CCCC3=O)c1. The Balaban J connectivity index is 1.88. The van der Waals surface area contributed by atoms with Crippen molar-refractivity contribution in [1.29, 1.82) is 0 Å². The zero-order valence-electron chi connectivity index (χ0n) is 11.0. The molecule has 0 unspecified atom stereocenters. The fourth-order valence-electron chi connectivity index (χ4n) is 2.50. The highest BCUT2D eigenvalue weighted by atomic mass is 32.2. The molecule has 0 saturated carbocycles. The number of carbonyl (C=O) groups is 1. The highest BCUT2D eigenvalue weighted by Gasteiger charge is 2.17. The minimum atomic E-state index is 0.299. The van der Waals surface area contributed by atoms with Gasteiger partial charge < -0.3 is 0 Å². The molecule has 0 spiro atoms. The van der Waals surface area contributed by atoms with Crippen LogP contribution in [-0.2, 0) is 6.42 Å². The van der Waals surface area contributed by atoms with Crippen molar-refractivity contribution in [3.63, 3.8) is 0 Å². The topological polar surface area (TPSA) is 17.1 Å². The van der Waals surface area contributed by atoms with Crippen LogP contribution in [0.2, 0.25) is 0 Å². The van der Waals surface area contributed by atoms with Crippen LogP contribution >= 0.6 is 11.8 Å². The molecule has 0 bridgehead atoms. The van der Waals surface area contributed by atoms with Crippen LogP contribution in [0.1, 0.15) is 34.3 Å². The lowest BCUT2D eigenvalue weighted by molar-refractivity contribution is 0.0972. The molecule has 0 N–H and O–H groups in total. The lowest BCUT2D eigenvalue weighted by atomic mass is 9.91. The van der Waals surface area contributed by atoms with Crippen molar-refractivity contribution in [3.8, 4) is 0 Å². The van der Waals surface area contributed by atoms with Gasteiger partial charge in [0.25, 0.3) is 0 Å². The summed E-state index contributed by atoms with van der Waals surface area (Å²) >= 11 is 1.76. The normalized spacial score (nSPS) is 14.3. The van der Waals surface area contributed by atoms with Crippen molar-refractivity contribution >= 4 is 17.5 Å². The first-order chi connectivity index (χ1) is 9.22. The number of Topliss-reactive ketones (excluding diaryl/α,β-unsaturated/α-hetero) is 1. The summed E-state index contributed by atoms with van der Waals surface area (Å²) in [5.74, 6) is 0.299. The maximum absolute atomic E-state index is 11.8. The second-order valence-electron chi connectivity index (χ2n) is 5.01. The molecule has 0 aliphatic heterocycles. The smallest absolute Gasteiger partial charge is 0.163 e. The number of hydrogen-bond donors (Lipinski definition) is 0. The molecule has 1 aliphatic rings. The van der Waals surface area contributed by atoms with E-state index < -0.39 is 0 Å². The maximum Gasteiger partial charge on any atom is 0.163 e. The van der Waals surface area contributed by atoms with Crippen LogP contribution in [0.5, 0.6) is 0 Å².